The van der Waals surface area contributed by atoms with Gasteiger partial charge in [0.05, 0.1) is 7.11 Å². The van der Waals surface area contributed by atoms with E-state index in [1.54, 1.807) is 7.11 Å². The Hall–Kier alpha value is -1.62. The lowest BCUT2D eigenvalue weighted by atomic mass is 9.88. The number of hydrogen-bond acceptors (Lipinski definition) is 3. The second-order valence-electron chi connectivity index (χ2n) is 6.94. The third-order valence-electron chi connectivity index (χ3n) is 5.56. The number of rotatable bonds is 5. The Bertz CT molecular complexity index is 563. The number of ether oxygens (including phenoxy) is 1. The lowest BCUT2D eigenvalue weighted by molar-refractivity contribution is -0.131. The third kappa shape index (κ3) is 3.56. The van der Waals surface area contributed by atoms with E-state index in [-0.39, 0.29) is 18.0 Å². The monoisotopic (exact) mass is 334 g/mol. The molecule has 1 spiro atoms. The van der Waals surface area contributed by atoms with E-state index in [4.69, 9.17) is 4.74 Å². The fourth-order valence-corrected chi connectivity index (χ4v) is 4.22. The van der Waals surface area contributed by atoms with Gasteiger partial charge in [-0.15, -0.1) is 0 Å². The number of nitrogens with zero attached hydrogens (tertiary/aromatic N) is 2. The predicted octanol–water partition coefficient (Wildman–Crippen LogP) is 3.01. The molecule has 2 aliphatic rings. The standard InChI is InChI=1S/C19H27FN2O2/c1-24-17-5-3-16(4-6-17)15-21-12-2-8-19(10-13-21)9-7-18(23)22(19)14-11-20/h3-6H,2,7-15H2,1H3/t19-/m1/s1. The van der Waals surface area contributed by atoms with Gasteiger partial charge in [0.25, 0.3) is 0 Å². The van der Waals surface area contributed by atoms with Crippen LogP contribution in [0.3, 0.4) is 0 Å². The van der Waals surface area contributed by atoms with Gasteiger partial charge in [0, 0.05) is 31.6 Å². The van der Waals surface area contributed by atoms with Gasteiger partial charge in [0.2, 0.25) is 5.91 Å². The zero-order chi connectivity index (χ0) is 17.0. The molecular weight excluding hydrogens is 307 g/mol. The van der Waals surface area contributed by atoms with Crippen molar-refractivity contribution in [3.05, 3.63) is 29.8 Å². The molecule has 0 aliphatic carbocycles. The van der Waals surface area contributed by atoms with Crippen LogP contribution in [0.15, 0.2) is 24.3 Å². The highest BCUT2D eigenvalue weighted by atomic mass is 19.1. The Morgan fingerprint density at radius 3 is 2.67 bits per heavy atom. The maximum absolute atomic E-state index is 12.9. The van der Waals surface area contributed by atoms with E-state index in [9.17, 15) is 9.18 Å². The number of methoxy groups -OCH3 is 1. The number of amides is 1. The van der Waals surface area contributed by atoms with Gasteiger partial charge in [0.1, 0.15) is 12.4 Å². The Morgan fingerprint density at radius 1 is 1.17 bits per heavy atom. The van der Waals surface area contributed by atoms with Crippen molar-refractivity contribution in [3.63, 3.8) is 0 Å². The van der Waals surface area contributed by atoms with Crippen molar-refractivity contribution in [2.75, 3.05) is 33.4 Å². The van der Waals surface area contributed by atoms with Crippen LogP contribution in [0.25, 0.3) is 0 Å². The average Bonchev–Trinajstić information content (AvgIpc) is 2.78. The van der Waals surface area contributed by atoms with E-state index in [2.05, 4.69) is 17.0 Å². The number of carbonyl (C=O) groups is 1. The highest BCUT2D eigenvalue weighted by Crippen LogP contribution is 2.39. The average molecular weight is 334 g/mol. The van der Waals surface area contributed by atoms with E-state index in [0.717, 1.165) is 51.1 Å². The topological polar surface area (TPSA) is 32.8 Å². The number of halogens is 1. The van der Waals surface area contributed by atoms with E-state index < -0.39 is 6.67 Å². The molecule has 1 amide bonds. The van der Waals surface area contributed by atoms with Crippen molar-refractivity contribution in [1.29, 1.82) is 0 Å². The molecule has 0 bridgehead atoms. The van der Waals surface area contributed by atoms with Crippen LogP contribution in [-0.2, 0) is 11.3 Å². The maximum atomic E-state index is 12.9. The lowest BCUT2D eigenvalue weighted by Crippen LogP contribution is -2.47. The molecule has 0 saturated carbocycles. The summed E-state index contributed by atoms with van der Waals surface area (Å²) in [6.07, 6.45) is 4.49. The molecule has 2 aliphatic heterocycles. The van der Waals surface area contributed by atoms with Gasteiger partial charge in [0.15, 0.2) is 0 Å². The molecule has 24 heavy (non-hydrogen) atoms. The molecule has 1 aromatic rings. The number of alkyl halides is 1. The number of carbonyl (C=O) groups excluding carboxylic acids is 1. The van der Waals surface area contributed by atoms with Crippen LogP contribution in [-0.4, -0.2) is 54.7 Å². The molecule has 0 unspecified atom stereocenters. The van der Waals surface area contributed by atoms with E-state index in [0.29, 0.717) is 6.42 Å². The van der Waals surface area contributed by atoms with Crippen LogP contribution in [0.1, 0.15) is 37.7 Å². The molecule has 1 atom stereocenters. The molecule has 4 nitrogen and oxygen atoms in total. The van der Waals surface area contributed by atoms with Crippen molar-refractivity contribution in [2.45, 2.75) is 44.2 Å². The smallest absolute Gasteiger partial charge is 0.223 e. The number of hydrogen-bond donors (Lipinski definition) is 0. The molecule has 132 valence electrons. The first-order chi connectivity index (χ1) is 11.7. The van der Waals surface area contributed by atoms with Crippen molar-refractivity contribution in [2.24, 2.45) is 0 Å². The lowest BCUT2D eigenvalue weighted by Gasteiger charge is -2.37. The van der Waals surface area contributed by atoms with Crippen LogP contribution in [0.5, 0.6) is 5.75 Å². The summed E-state index contributed by atoms with van der Waals surface area (Å²) in [5.41, 5.74) is 1.17. The second-order valence-corrected chi connectivity index (χ2v) is 6.94. The van der Waals surface area contributed by atoms with Crippen molar-refractivity contribution in [1.82, 2.24) is 9.80 Å². The van der Waals surface area contributed by atoms with Crippen LogP contribution >= 0.6 is 0 Å². The van der Waals surface area contributed by atoms with Crippen molar-refractivity contribution in [3.8, 4) is 5.75 Å². The Morgan fingerprint density at radius 2 is 1.96 bits per heavy atom. The quantitative estimate of drug-likeness (QED) is 0.830. The van der Waals surface area contributed by atoms with Gasteiger partial charge in [-0.2, -0.15) is 0 Å². The van der Waals surface area contributed by atoms with Crippen LogP contribution in [0, 0.1) is 0 Å². The molecular formula is C19H27FN2O2. The second kappa shape index (κ2) is 7.51. The van der Waals surface area contributed by atoms with Gasteiger partial charge in [-0.25, -0.2) is 4.39 Å². The summed E-state index contributed by atoms with van der Waals surface area (Å²) in [5.74, 6) is 1.01. The molecule has 1 aromatic carbocycles. The Labute approximate surface area is 143 Å². The summed E-state index contributed by atoms with van der Waals surface area (Å²) < 4.78 is 18.1. The zero-order valence-corrected chi connectivity index (χ0v) is 14.5. The summed E-state index contributed by atoms with van der Waals surface area (Å²) in [6.45, 7) is 2.73. The summed E-state index contributed by atoms with van der Waals surface area (Å²) in [4.78, 5) is 16.4. The first-order valence-corrected chi connectivity index (χ1v) is 8.89. The molecule has 0 N–H and O–H groups in total. The van der Waals surface area contributed by atoms with Crippen LogP contribution in [0.2, 0.25) is 0 Å². The van der Waals surface area contributed by atoms with Crippen LogP contribution < -0.4 is 4.74 Å². The zero-order valence-electron chi connectivity index (χ0n) is 14.5. The maximum Gasteiger partial charge on any atom is 0.223 e. The van der Waals surface area contributed by atoms with Gasteiger partial charge in [-0.05, 0) is 49.9 Å². The molecule has 2 fully saturated rings. The summed E-state index contributed by atoms with van der Waals surface area (Å²) in [7, 11) is 1.68. The minimum Gasteiger partial charge on any atom is -0.497 e. The minimum absolute atomic E-state index is 0.0994. The Balaban J connectivity index is 1.63. The number of likely N-dealkylation sites (tertiary alicyclic amines) is 2. The first kappa shape index (κ1) is 17.2. The normalized spacial score (nSPS) is 25.2. The Kier molecular flexibility index (Phi) is 5.39. The van der Waals surface area contributed by atoms with E-state index in [1.807, 2.05) is 17.0 Å². The van der Waals surface area contributed by atoms with Gasteiger partial charge in [-0.3, -0.25) is 9.69 Å². The molecule has 0 aromatic heterocycles. The minimum atomic E-state index is -0.441. The van der Waals surface area contributed by atoms with Crippen LogP contribution in [0.4, 0.5) is 4.39 Å². The highest BCUT2D eigenvalue weighted by molar-refractivity contribution is 5.79. The third-order valence-corrected chi connectivity index (χ3v) is 5.56. The van der Waals surface area contributed by atoms with Gasteiger partial charge >= 0.3 is 0 Å². The largest absolute Gasteiger partial charge is 0.497 e. The van der Waals surface area contributed by atoms with Crippen molar-refractivity contribution < 1.29 is 13.9 Å². The molecule has 2 heterocycles. The van der Waals surface area contributed by atoms with Gasteiger partial charge < -0.3 is 9.64 Å². The molecule has 5 heteroatoms. The van der Waals surface area contributed by atoms with E-state index >= 15 is 0 Å². The summed E-state index contributed by atoms with van der Waals surface area (Å²) >= 11 is 0. The predicted molar refractivity (Wildman–Crippen MR) is 91.8 cm³/mol. The molecule has 3 rings (SSSR count). The van der Waals surface area contributed by atoms with Gasteiger partial charge in [-0.1, -0.05) is 12.1 Å². The molecule has 0 radical (unpaired) electrons. The van der Waals surface area contributed by atoms with Crippen molar-refractivity contribution >= 4 is 5.91 Å². The SMILES string of the molecule is COc1ccc(CN2CCC[C@@]3(CCC(=O)N3CCF)CC2)cc1. The fraction of sp³-hybridized carbons (Fsp3) is 0.632. The summed E-state index contributed by atoms with van der Waals surface area (Å²) in [5, 5.41) is 0. The van der Waals surface area contributed by atoms with E-state index in [1.165, 1.54) is 5.56 Å². The fourth-order valence-electron chi connectivity index (χ4n) is 4.22. The summed E-state index contributed by atoms with van der Waals surface area (Å²) in [6, 6.07) is 8.20. The molecule has 2 saturated heterocycles. The number of benzene rings is 1. The highest BCUT2D eigenvalue weighted by Gasteiger charge is 2.45. The first-order valence-electron chi connectivity index (χ1n) is 8.89.